The molecule has 7 nitrogen and oxygen atoms in total. The summed E-state index contributed by atoms with van der Waals surface area (Å²) in [4.78, 5) is 33.6. The normalized spacial score (nSPS) is 11.0. The third-order valence-corrected chi connectivity index (χ3v) is 4.83. The molecule has 0 bridgehead atoms. The van der Waals surface area contributed by atoms with Gasteiger partial charge in [-0.25, -0.2) is 0 Å². The molecule has 2 rings (SSSR count). The van der Waals surface area contributed by atoms with Crippen LogP contribution >= 0.6 is 23.1 Å². The molecule has 0 unspecified atom stereocenters. The Bertz CT molecular complexity index is 825. The van der Waals surface area contributed by atoms with Crippen LogP contribution in [-0.2, 0) is 11.0 Å². The highest BCUT2D eigenvalue weighted by atomic mass is 32.2. The number of benzene rings is 1. The summed E-state index contributed by atoms with van der Waals surface area (Å²) in [7, 11) is 0. The molecular formula is C14H10F3N3O4S2. The molecule has 2 N–H and O–H groups in total. The van der Waals surface area contributed by atoms with E-state index in [-0.39, 0.29) is 10.6 Å². The molecule has 0 aliphatic carbocycles. The molecule has 1 heterocycles. The number of nitrogens with zero attached hydrogens (tertiary/aromatic N) is 1. The Labute approximate surface area is 152 Å². The maximum absolute atomic E-state index is 12.6. The average Bonchev–Trinajstić information content (AvgIpc) is 3.11. The predicted octanol–water partition coefficient (Wildman–Crippen LogP) is 3.23. The van der Waals surface area contributed by atoms with Gasteiger partial charge in [-0.2, -0.15) is 13.2 Å². The van der Waals surface area contributed by atoms with Crippen LogP contribution in [0.2, 0.25) is 0 Å². The van der Waals surface area contributed by atoms with E-state index in [0.29, 0.717) is 28.8 Å². The van der Waals surface area contributed by atoms with Crippen molar-refractivity contribution in [2.24, 2.45) is 0 Å². The zero-order chi connectivity index (χ0) is 19.3. The number of halogens is 3. The Kier molecular flexibility index (Phi) is 6.21. The number of carbonyl (C=O) groups excluding carboxylic acids is 2. The molecule has 26 heavy (non-hydrogen) atoms. The molecule has 0 aliphatic heterocycles. The fraction of sp³-hybridized carbons (Fsp3) is 0.143. The second-order valence-corrected chi connectivity index (χ2v) is 6.67. The van der Waals surface area contributed by atoms with Crippen molar-refractivity contribution in [3.8, 4) is 0 Å². The Hall–Kier alpha value is -2.60. The molecule has 0 atom stereocenters. The molecule has 2 amide bonds. The Balaban J connectivity index is 1.96. The highest BCUT2D eigenvalue weighted by Crippen LogP contribution is 2.36. The van der Waals surface area contributed by atoms with Crippen LogP contribution < -0.4 is 10.9 Å². The smallest absolute Gasteiger partial charge is 0.272 e. The van der Waals surface area contributed by atoms with Crippen LogP contribution in [0.25, 0.3) is 0 Å². The van der Waals surface area contributed by atoms with Crippen molar-refractivity contribution in [1.82, 2.24) is 10.9 Å². The second-order valence-electron chi connectivity index (χ2n) is 4.71. The third-order valence-electron chi connectivity index (χ3n) is 2.90. The SMILES string of the molecule is O=C(CSc1ccc(C(F)(F)F)cc1[N+](=O)[O-])NNC(=O)c1cccs1. The largest absolute Gasteiger partial charge is 0.416 e. The van der Waals surface area contributed by atoms with Gasteiger partial charge in [0.25, 0.3) is 11.6 Å². The van der Waals surface area contributed by atoms with Crippen LogP contribution in [0.5, 0.6) is 0 Å². The van der Waals surface area contributed by atoms with Crippen molar-refractivity contribution in [3.05, 3.63) is 56.3 Å². The minimum absolute atomic E-state index is 0.0947. The first-order valence-corrected chi connectivity index (χ1v) is 8.66. The predicted molar refractivity (Wildman–Crippen MR) is 88.8 cm³/mol. The number of alkyl halides is 3. The molecule has 2 aromatic rings. The summed E-state index contributed by atoms with van der Waals surface area (Å²) in [5.74, 6) is -1.54. The third kappa shape index (κ3) is 5.20. The van der Waals surface area contributed by atoms with Crippen LogP contribution in [0.4, 0.5) is 18.9 Å². The summed E-state index contributed by atoms with van der Waals surface area (Å²) < 4.78 is 37.9. The van der Waals surface area contributed by atoms with Crippen molar-refractivity contribution in [2.45, 2.75) is 11.1 Å². The maximum Gasteiger partial charge on any atom is 0.416 e. The van der Waals surface area contributed by atoms with Crippen LogP contribution in [0.15, 0.2) is 40.6 Å². The summed E-state index contributed by atoms with van der Waals surface area (Å²) in [5.41, 5.74) is 2.38. The summed E-state index contributed by atoms with van der Waals surface area (Å²) in [6.45, 7) is 0. The van der Waals surface area contributed by atoms with Crippen LogP contribution in [-0.4, -0.2) is 22.5 Å². The van der Waals surface area contributed by atoms with Gasteiger partial charge in [0.2, 0.25) is 5.91 Å². The van der Waals surface area contributed by atoms with Gasteiger partial charge in [0.05, 0.1) is 26.0 Å². The van der Waals surface area contributed by atoms with Crippen molar-refractivity contribution in [3.63, 3.8) is 0 Å². The number of nitro groups is 1. The lowest BCUT2D eigenvalue weighted by molar-refractivity contribution is -0.388. The number of thiophene rings is 1. The Morgan fingerprint density at radius 3 is 2.54 bits per heavy atom. The molecule has 0 radical (unpaired) electrons. The fourth-order valence-corrected chi connectivity index (χ4v) is 3.16. The van der Waals surface area contributed by atoms with Gasteiger partial charge in [-0.05, 0) is 23.6 Å². The summed E-state index contributed by atoms with van der Waals surface area (Å²) >= 11 is 1.85. The van der Waals surface area contributed by atoms with Crippen molar-refractivity contribution >= 4 is 40.6 Å². The lowest BCUT2D eigenvalue weighted by Gasteiger charge is -2.09. The first-order valence-electron chi connectivity index (χ1n) is 6.79. The van der Waals surface area contributed by atoms with Crippen molar-refractivity contribution in [1.29, 1.82) is 0 Å². The molecule has 138 valence electrons. The van der Waals surface area contributed by atoms with E-state index in [1.807, 2.05) is 0 Å². The van der Waals surface area contributed by atoms with Gasteiger partial charge in [-0.15, -0.1) is 23.1 Å². The van der Waals surface area contributed by atoms with Crippen molar-refractivity contribution in [2.75, 3.05) is 5.75 Å². The van der Waals surface area contributed by atoms with E-state index in [1.54, 1.807) is 17.5 Å². The lowest BCUT2D eigenvalue weighted by atomic mass is 10.2. The van der Waals surface area contributed by atoms with Gasteiger partial charge in [0, 0.05) is 6.07 Å². The first-order chi connectivity index (χ1) is 12.2. The van der Waals surface area contributed by atoms with E-state index in [0.717, 1.165) is 6.07 Å². The summed E-state index contributed by atoms with van der Waals surface area (Å²) in [6.07, 6.45) is -4.71. The Morgan fingerprint density at radius 1 is 1.23 bits per heavy atom. The molecule has 1 aromatic heterocycles. The van der Waals surface area contributed by atoms with E-state index < -0.39 is 34.2 Å². The monoisotopic (exact) mass is 405 g/mol. The maximum atomic E-state index is 12.6. The highest BCUT2D eigenvalue weighted by molar-refractivity contribution is 8.00. The van der Waals surface area contributed by atoms with E-state index in [4.69, 9.17) is 0 Å². The first kappa shape index (κ1) is 19.7. The van der Waals surface area contributed by atoms with E-state index in [9.17, 15) is 32.9 Å². The molecular weight excluding hydrogens is 395 g/mol. The van der Waals surface area contributed by atoms with Crippen LogP contribution in [0, 0.1) is 10.1 Å². The van der Waals surface area contributed by atoms with Crippen molar-refractivity contribution < 1.29 is 27.7 Å². The zero-order valence-corrected chi connectivity index (χ0v) is 14.3. The number of nitro benzene ring substituents is 1. The number of carbonyl (C=O) groups is 2. The molecule has 0 spiro atoms. The average molecular weight is 405 g/mol. The minimum atomic E-state index is -4.71. The fourth-order valence-electron chi connectivity index (χ4n) is 1.73. The topological polar surface area (TPSA) is 101 Å². The second kappa shape index (κ2) is 8.19. The molecule has 1 aromatic carbocycles. The van der Waals surface area contributed by atoms with Crippen LogP contribution in [0.3, 0.4) is 0 Å². The number of nitrogens with one attached hydrogen (secondary N) is 2. The zero-order valence-electron chi connectivity index (χ0n) is 12.7. The number of hydrogen-bond donors (Lipinski definition) is 2. The molecule has 12 heteroatoms. The Morgan fingerprint density at radius 2 is 1.96 bits per heavy atom. The number of hydrazine groups is 1. The van der Waals surface area contributed by atoms with E-state index >= 15 is 0 Å². The van der Waals surface area contributed by atoms with E-state index in [1.165, 1.54) is 11.3 Å². The molecule has 0 fully saturated rings. The number of hydrogen-bond acceptors (Lipinski definition) is 6. The lowest BCUT2D eigenvalue weighted by Crippen LogP contribution is -2.42. The van der Waals surface area contributed by atoms with Gasteiger partial charge in [0.1, 0.15) is 0 Å². The number of rotatable bonds is 5. The van der Waals surface area contributed by atoms with Gasteiger partial charge in [0.15, 0.2) is 0 Å². The molecule has 0 aliphatic rings. The van der Waals surface area contributed by atoms with Gasteiger partial charge in [-0.1, -0.05) is 6.07 Å². The van der Waals surface area contributed by atoms with Gasteiger partial charge in [-0.3, -0.25) is 30.6 Å². The molecule has 0 saturated heterocycles. The van der Waals surface area contributed by atoms with Crippen LogP contribution in [0.1, 0.15) is 15.2 Å². The summed E-state index contributed by atoms with van der Waals surface area (Å²) in [5, 5.41) is 12.6. The minimum Gasteiger partial charge on any atom is -0.272 e. The standard InChI is InChI=1S/C14H10F3N3O4S2/c15-14(16,17)8-3-4-10(9(6-8)20(23)24)26-7-12(21)18-19-13(22)11-2-1-5-25-11/h1-6H,7H2,(H,18,21)(H,19,22). The summed E-state index contributed by atoms with van der Waals surface area (Å²) in [6, 6.07) is 5.25. The van der Waals surface area contributed by atoms with Gasteiger partial charge >= 0.3 is 6.18 Å². The number of amides is 2. The van der Waals surface area contributed by atoms with E-state index in [2.05, 4.69) is 10.9 Å². The highest BCUT2D eigenvalue weighted by Gasteiger charge is 2.33. The quantitative estimate of drug-likeness (QED) is 0.452. The molecule has 0 saturated carbocycles. The van der Waals surface area contributed by atoms with Gasteiger partial charge < -0.3 is 0 Å². The number of thioether (sulfide) groups is 1.